The molecule has 3 aromatic rings. The zero-order valence-electron chi connectivity index (χ0n) is 13.3. The number of nitrogens with zero attached hydrogens (tertiary/aromatic N) is 2. The summed E-state index contributed by atoms with van der Waals surface area (Å²) >= 11 is 5.92. The minimum Gasteiger partial charge on any atom is -0.352 e. The van der Waals surface area contributed by atoms with Gasteiger partial charge in [0.2, 0.25) is 5.91 Å². The third-order valence-electron chi connectivity index (χ3n) is 3.99. The van der Waals surface area contributed by atoms with Crippen molar-refractivity contribution in [3.8, 4) is 0 Å². The lowest BCUT2D eigenvalue weighted by Crippen LogP contribution is -2.27. The summed E-state index contributed by atoms with van der Waals surface area (Å²) in [6, 6.07) is 14.9. The highest BCUT2D eigenvalue weighted by molar-refractivity contribution is 6.30. The van der Waals surface area contributed by atoms with E-state index in [4.69, 9.17) is 11.6 Å². The molecule has 1 heterocycles. The van der Waals surface area contributed by atoms with E-state index in [1.54, 1.807) is 22.2 Å². The van der Waals surface area contributed by atoms with Gasteiger partial charge in [-0.25, -0.2) is 4.79 Å². The van der Waals surface area contributed by atoms with Crippen LogP contribution in [0.25, 0.3) is 11.0 Å². The fourth-order valence-electron chi connectivity index (χ4n) is 2.73. The molecule has 0 unspecified atom stereocenters. The second-order valence-corrected chi connectivity index (χ2v) is 6.08. The van der Waals surface area contributed by atoms with Crippen LogP contribution in [0.3, 0.4) is 0 Å². The third-order valence-corrected chi connectivity index (χ3v) is 4.23. The van der Waals surface area contributed by atoms with Gasteiger partial charge in [0.1, 0.15) is 0 Å². The second kappa shape index (κ2) is 6.93. The van der Waals surface area contributed by atoms with Gasteiger partial charge in [-0.05, 0) is 29.8 Å². The number of fused-ring (bicyclic) bond motifs is 1. The van der Waals surface area contributed by atoms with Crippen LogP contribution in [0.5, 0.6) is 0 Å². The molecule has 0 saturated carbocycles. The van der Waals surface area contributed by atoms with Crippen LogP contribution in [0.2, 0.25) is 5.02 Å². The molecule has 1 aromatic heterocycles. The van der Waals surface area contributed by atoms with Gasteiger partial charge in [0.15, 0.2) is 0 Å². The quantitative estimate of drug-likeness (QED) is 0.774. The molecule has 24 heavy (non-hydrogen) atoms. The van der Waals surface area contributed by atoms with E-state index in [1.807, 2.05) is 42.5 Å². The Kier molecular flexibility index (Phi) is 4.71. The number of rotatable bonds is 5. The van der Waals surface area contributed by atoms with E-state index in [2.05, 4.69) is 5.32 Å². The molecule has 3 rings (SSSR count). The molecule has 6 heteroatoms. The van der Waals surface area contributed by atoms with E-state index >= 15 is 0 Å². The topological polar surface area (TPSA) is 56.0 Å². The van der Waals surface area contributed by atoms with Crippen molar-refractivity contribution in [1.29, 1.82) is 0 Å². The molecule has 0 bridgehead atoms. The first kappa shape index (κ1) is 16.3. The molecular weight excluding hydrogens is 326 g/mol. The summed E-state index contributed by atoms with van der Waals surface area (Å²) < 4.78 is 3.23. The highest BCUT2D eigenvalue weighted by atomic mass is 35.5. The zero-order chi connectivity index (χ0) is 17.1. The van der Waals surface area contributed by atoms with Crippen molar-refractivity contribution < 1.29 is 4.79 Å². The number of halogens is 1. The third kappa shape index (κ3) is 3.36. The maximum atomic E-state index is 12.3. The van der Waals surface area contributed by atoms with Gasteiger partial charge in [0.05, 0.1) is 11.0 Å². The van der Waals surface area contributed by atoms with E-state index in [1.165, 1.54) is 0 Å². The molecule has 1 N–H and O–H groups in total. The molecule has 0 fully saturated rings. The number of amides is 1. The highest BCUT2D eigenvalue weighted by Crippen LogP contribution is 2.12. The van der Waals surface area contributed by atoms with Crippen LogP contribution >= 0.6 is 11.6 Å². The average molecular weight is 344 g/mol. The fraction of sp³-hybridized carbons (Fsp3) is 0.222. The van der Waals surface area contributed by atoms with E-state index in [0.29, 0.717) is 18.1 Å². The molecule has 124 valence electrons. The summed E-state index contributed by atoms with van der Waals surface area (Å²) in [5.74, 6) is -0.102. The number of nitrogens with one attached hydrogen (secondary N) is 1. The molecule has 0 atom stereocenters. The largest absolute Gasteiger partial charge is 0.352 e. The number of hydrogen-bond acceptors (Lipinski definition) is 2. The van der Waals surface area contributed by atoms with Crippen LogP contribution in [0.1, 0.15) is 12.0 Å². The fourth-order valence-corrected chi connectivity index (χ4v) is 2.94. The van der Waals surface area contributed by atoms with E-state index in [0.717, 1.165) is 16.6 Å². The van der Waals surface area contributed by atoms with Crippen molar-refractivity contribution in [2.45, 2.75) is 19.5 Å². The van der Waals surface area contributed by atoms with Crippen molar-refractivity contribution in [3.63, 3.8) is 0 Å². The Balaban J connectivity index is 1.65. The molecule has 2 aromatic carbocycles. The number of hydrogen-bond donors (Lipinski definition) is 1. The number of carbonyl (C=O) groups is 1. The Morgan fingerprint density at radius 3 is 2.62 bits per heavy atom. The van der Waals surface area contributed by atoms with Crippen LogP contribution in [-0.4, -0.2) is 15.0 Å². The second-order valence-electron chi connectivity index (χ2n) is 5.64. The van der Waals surface area contributed by atoms with Gasteiger partial charge in [-0.3, -0.25) is 13.9 Å². The smallest absolute Gasteiger partial charge is 0.328 e. The van der Waals surface area contributed by atoms with Crippen molar-refractivity contribution >= 4 is 28.5 Å². The monoisotopic (exact) mass is 343 g/mol. The van der Waals surface area contributed by atoms with Gasteiger partial charge < -0.3 is 5.32 Å². The standard InChI is InChI=1S/C18H18ClN3O2/c1-21-15-7-2-3-8-16(15)22(18(21)24)10-9-17(23)20-12-13-5-4-6-14(19)11-13/h2-8,11H,9-10,12H2,1H3,(H,20,23). The van der Waals surface area contributed by atoms with Crippen LogP contribution in [0, 0.1) is 0 Å². The van der Waals surface area contributed by atoms with Crippen LogP contribution in [0.15, 0.2) is 53.3 Å². The molecule has 0 aliphatic heterocycles. The Labute approximate surface area is 144 Å². The first-order valence-corrected chi connectivity index (χ1v) is 8.09. The number of para-hydroxylation sites is 2. The summed E-state index contributed by atoms with van der Waals surface area (Å²) in [6.07, 6.45) is 0.245. The first-order valence-electron chi connectivity index (χ1n) is 7.71. The maximum Gasteiger partial charge on any atom is 0.328 e. The molecule has 5 nitrogen and oxygen atoms in total. The van der Waals surface area contributed by atoms with Crippen molar-refractivity contribution in [3.05, 3.63) is 69.6 Å². The number of carbonyl (C=O) groups excluding carboxylic acids is 1. The van der Waals surface area contributed by atoms with Crippen molar-refractivity contribution in [2.75, 3.05) is 0 Å². The Morgan fingerprint density at radius 1 is 1.12 bits per heavy atom. The number of imidazole rings is 1. The van der Waals surface area contributed by atoms with Crippen LogP contribution < -0.4 is 11.0 Å². The zero-order valence-corrected chi connectivity index (χ0v) is 14.1. The first-order chi connectivity index (χ1) is 11.6. The Hall–Kier alpha value is -2.53. The predicted octanol–water partition coefficient (Wildman–Crippen LogP) is 2.70. The van der Waals surface area contributed by atoms with E-state index in [-0.39, 0.29) is 18.0 Å². The highest BCUT2D eigenvalue weighted by Gasteiger charge is 2.11. The Morgan fingerprint density at radius 2 is 1.88 bits per heavy atom. The molecule has 0 aliphatic carbocycles. The number of aryl methyl sites for hydroxylation is 2. The van der Waals surface area contributed by atoms with Crippen LogP contribution in [-0.2, 0) is 24.9 Å². The summed E-state index contributed by atoms with van der Waals surface area (Å²) in [4.78, 5) is 24.4. The van der Waals surface area contributed by atoms with Crippen LogP contribution in [0.4, 0.5) is 0 Å². The molecule has 1 amide bonds. The molecule has 0 radical (unpaired) electrons. The molecule has 0 spiro atoms. The normalized spacial score (nSPS) is 10.9. The summed E-state index contributed by atoms with van der Waals surface area (Å²) in [5, 5.41) is 3.49. The van der Waals surface area contributed by atoms with Gasteiger partial charge in [-0.1, -0.05) is 35.9 Å². The van der Waals surface area contributed by atoms with Gasteiger partial charge in [-0.15, -0.1) is 0 Å². The molecular formula is C18H18ClN3O2. The van der Waals surface area contributed by atoms with Crippen molar-refractivity contribution in [2.24, 2.45) is 7.05 Å². The molecule has 0 saturated heterocycles. The predicted molar refractivity (Wildman–Crippen MR) is 95.1 cm³/mol. The summed E-state index contributed by atoms with van der Waals surface area (Å²) in [5.41, 5.74) is 2.53. The maximum absolute atomic E-state index is 12.3. The van der Waals surface area contributed by atoms with Gasteiger partial charge in [0.25, 0.3) is 0 Å². The number of aromatic nitrogens is 2. The van der Waals surface area contributed by atoms with Gasteiger partial charge in [-0.2, -0.15) is 0 Å². The van der Waals surface area contributed by atoms with E-state index < -0.39 is 0 Å². The lowest BCUT2D eigenvalue weighted by molar-refractivity contribution is -0.121. The molecule has 0 aliphatic rings. The lowest BCUT2D eigenvalue weighted by Gasteiger charge is -2.06. The average Bonchev–Trinajstić information content (AvgIpc) is 2.83. The van der Waals surface area contributed by atoms with Gasteiger partial charge in [0, 0.05) is 31.6 Å². The van der Waals surface area contributed by atoms with Gasteiger partial charge >= 0.3 is 5.69 Å². The Bertz CT molecular complexity index is 943. The minimum atomic E-state index is -0.112. The lowest BCUT2D eigenvalue weighted by atomic mass is 10.2. The van der Waals surface area contributed by atoms with E-state index in [9.17, 15) is 9.59 Å². The number of benzene rings is 2. The summed E-state index contributed by atoms with van der Waals surface area (Å²) in [7, 11) is 1.74. The van der Waals surface area contributed by atoms with Crippen molar-refractivity contribution in [1.82, 2.24) is 14.5 Å². The SMILES string of the molecule is Cn1c(=O)n(CCC(=O)NCc2cccc(Cl)c2)c2ccccc21. The minimum absolute atomic E-state index is 0.102. The summed E-state index contributed by atoms with van der Waals surface area (Å²) in [6.45, 7) is 0.769.